The summed E-state index contributed by atoms with van der Waals surface area (Å²) in [5.41, 5.74) is 1.11. The molecule has 0 spiro atoms. The van der Waals surface area contributed by atoms with E-state index in [4.69, 9.17) is 23.2 Å². The molecule has 3 saturated heterocycles. The van der Waals surface area contributed by atoms with Gasteiger partial charge in [-0.2, -0.15) is 0 Å². The number of aliphatic carboxylic acids is 1. The van der Waals surface area contributed by atoms with Crippen molar-refractivity contribution in [1.82, 2.24) is 24.7 Å². The maximum atomic E-state index is 14.6. The van der Waals surface area contributed by atoms with Crippen LogP contribution in [0.5, 0.6) is 5.75 Å². The summed E-state index contributed by atoms with van der Waals surface area (Å²) >= 11 is 12.7. The number of amides is 3. The van der Waals surface area contributed by atoms with Gasteiger partial charge in [-0.15, -0.1) is 0 Å². The number of nitrogens with zero attached hydrogens (tertiary/aromatic N) is 5. The smallest absolute Gasteiger partial charge is 0.359 e. The molecule has 0 unspecified atom stereocenters. The van der Waals surface area contributed by atoms with Gasteiger partial charge < -0.3 is 39.3 Å². The highest BCUT2D eigenvalue weighted by molar-refractivity contribution is 6.34. The maximum absolute atomic E-state index is 14.6. The van der Waals surface area contributed by atoms with Gasteiger partial charge in [-0.25, -0.2) is 18.6 Å². The Kier molecular flexibility index (Phi) is 11.3. The zero-order chi connectivity index (χ0) is 37.2. The number of piperazine rings is 1. The predicted molar refractivity (Wildman–Crippen MR) is 189 cm³/mol. The fourth-order valence-electron chi connectivity index (χ4n) is 7.36. The van der Waals surface area contributed by atoms with Gasteiger partial charge in [-0.05, 0) is 30.3 Å². The summed E-state index contributed by atoms with van der Waals surface area (Å²) in [6.07, 6.45) is 2.64. The van der Waals surface area contributed by atoms with Crippen LogP contribution in [0.15, 0.2) is 36.5 Å². The minimum Gasteiger partial charge on any atom is -0.477 e. The number of carbonyl (C=O) groups is 4. The number of hydrogen-bond donors (Lipinski definition) is 3. The number of anilines is 1. The molecular formula is C35H40Cl2F2N7O6+. The first-order chi connectivity index (χ1) is 24.9. The van der Waals surface area contributed by atoms with Crippen molar-refractivity contribution in [3.63, 3.8) is 0 Å². The van der Waals surface area contributed by atoms with Gasteiger partial charge in [0.25, 0.3) is 11.8 Å². The molecule has 13 nitrogen and oxygen atoms in total. The van der Waals surface area contributed by atoms with Crippen LogP contribution in [0.1, 0.15) is 33.8 Å². The Morgan fingerprint density at radius 1 is 1.06 bits per heavy atom. The van der Waals surface area contributed by atoms with E-state index in [1.165, 1.54) is 35.0 Å². The number of imidazole rings is 1. The van der Waals surface area contributed by atoms with Crippen LogP contribution in [-0.2, 0) is 16.6 Å². The van der Waals surface area contributed by atoms with E-state index in [1.54, 1.807) is 22.9 Å². The highest BCUT2D eigenvalue weighted by Gasteiger charge is 2.42. The standard InChI is InChI=1S/C35H39Cl2F2N7O6/c1-43-27(25-4-5-28(52-20-38)31(39)30(25)37)17-41-32(43)33(49)42-23-2-3-24(26(36)14-23)35(51)45-10-8-44(9-11-45)34(50)22-6-12-46(13-7-22,19-29(47)48)18-21-15-40-16-21/h2-5,14,17,21-22,40H,6-13,15-16,18-20H2,1H3,(H-,42,47,48,49,51)/p+1. The molecule has 0 saturated carbocycles. The molecule has 0 radical (unpaired) electrons. The first-order valence-corrected chi connectivity index (χ1v) is 17.8. The van der Waals surface area contributed by atoms with Crippen LogP contribution in [0.3, 0.4) is 0 Å². The molecular weight excluding hydrogens is 723 g/mol. The number of hydrogen-bond acceptors (Lipinski definition) is 7. The molecule has 3 N–H and O–H groups in total. The third-order valence-electron chi connectivity index (χ3n) is 10.3. The van der Waals surface area contributed by atoms with Crippen molar-refractivity contribution in [3.8, 4) is 17.0 Å². The number of alkyl halides is 1. The Balaban J connectivity index is 1.02. The van der Waals surface area contributed by atoms with E-state index in [0.717, 1.165) is 19.6 Å². The molecule has 0 bridgehead atoms. The molecule has 1 aromatic heterocycles. The average molecular weight is 764 g/mol. The molecule has 3 aliphatic rings. The number of nitrogens with one attached hydrogen (secondary N) is 2. The predicted octanol–water partition coefficient (Wildman–Crippen LogP) is 3.91. The molecule has 0 aliphatic carbocycles. The van der Waals surface area contributed by atoms with Crippen LogP contribution in [0.25, 0.3) is 11.3 Å². The quantitative estimate of drug-likeness (QED) is 0.250. The summed E-state index contributed by atoms with van der Waals surface area (Å²) in [6.45, 7) is 4.26. The van der Waals surface area contributed by atoms with Crippen molar-refractivity contribution in [2.24, 2.45) is 18.9 Å². The molecule has 3 aromatic rings. The molecule has 3 fully saturated rings. The highest BCUT2D eigenvalue weighted by Crippen LogP contribution is 2.35. The summed E-state index contributed by atoms with van der Waals surface area (Å²) in [7, 11) is 1.55. The molecule has 0 atom stereocenters. The largest absolute Gasteiger partial charge is 0.477 e. The number of carboxylic acids is 1. The van der Waals surface area contributed by atoms with E-state index in [2.05, 4.69) is 20.4 Å². The van der Waals surface area contributed by atoms with Crippen LogP contribution < -0.4 is 15.4 Å². The third kappa shape index (κ3) is 7.87. The zero-order valence-corrected chi connectivity index (χ0v) is 30.1. The lowest BCUT2D eigenvalue weighted by molar-refractivity contribution is -0.929. The molecule has 3 amide bonds. The van der Waals surface area contributed by atoms with E-state index < -0.39 is 24.6 Å². The number of halogens is 4. The molecule has 52 heavy (non-hydrogen) atoms. The van der Waals surface area contributed by atoms with E-state index in [0.29, 0.717) is 73.9 Å². The second-order valence-electron chi connectivity index (χ2n) is 13.6. The van der Waals surface area contributed by atoms with E-state index in [1.807, 2.05) is 0 Å². The highest BCUT2D eigenvalue weighted by atomic mass is 35.5. The Hall–Kier alpha value is -4.31. The van der Waals surface area contributed by atoms with Crippen molar-refractivity contribution in [2.75, 3.05) is 77.6 Å². The summed E-state index contributed by atoms with van der Waals surface area (Å²) in [5, 5.41) is 15.3. The molecule has 17 heteroatoms. The normalized spacial score (nSPS) is 20.7. The van der Waals surface area contributed by atoms with Gasteiger partial charge in [-0.1, -0.05) is 23.2 Å². The number of likely N-dealkylation sites (tertiary alicyclic amines) is 1. The molecule has 278 valence electrons. The summed E-state index contributed by atoms with van der Waals surface area (Å²) in [4.78, 5) is 59.3. The number of rotatable bonds is 11. The van der Waals surface area contributed by atoms with Crippen LogP contribution in [0.4, 0.5) is 14.5 Å². The van der Waals surface area contributed by atoms with Crippen molar-refractivity contribution in [2.45, 2.75) is 12.8 Å². The maximum Gasteiger partial charge on any atom is 0.359 e. The number of aromatic nitrogens is 2. The fraction of sp³-hybridized carbons (Fsp3) is 0.457. The molecule has 3 aliphatic heterocycles. The second-order valence-corrected chi connectivity index (χ2v) is 14.4. The Labute approximate surface area is 309 Å². The monoisotopic (exact) mass is 762 g/mol. The lowest BCUT2D eigenvalue weighted by atomic mass is 9.90. The zero-order valence-electron chi connectivity index (χ0n) is 28.5. The van der Waals surface area contributed by atoms with E-state index in [9.17, 15) is 33.1 Å². The fourth-order valence-corrected chi connectivity index (χ4v) is 7.88. The van der Waals surface area contributed by atoms with Crippen LogP contribution in [-0.4, -0.2) is 125 Å². The van der Waals surface area contributed by atoms with Gasteiger partial charge in [0.2, 0.25) is 12.8 Å². The lowest BCUT2D eigenvalue weighted by Gasteiger charge is -2.46. The second kappa shape index (κ2) is 15.7. The Bertz CT molecular complexity index is 1860. The Morgan fingerprint density at radius 3 is 2.37 bits per heavy atom. The lowest BCUT2D eigenvalue weighted by Crippen LogP contribution is -2.62. The van der Waals surface area contributed by atoms with Gasteiger partial charge in [0.05, 0.1) is 47.1 Å². The summed E-state index contributed by atoms with van der Waals surface area (Å²) in [6, 6.07) is 7.19. The SMILES string of the molecule is Cn1c(-c2ccc(OCF)c(F)c2Cl)cnc1C(=O)Nc1ccc(C(=O)N2CCN(C(=O)C3CC[N+](CC(=O)O)(CC4CNC4)CC3)CC2)c(Cl)c1. The van der Waals surface area contributed by atoms with E-state index >= 15 is 0 Å². The van der Waals surface area contributed by atoms with Gasteiger partial charge >= 0.3 is 5.97 Å². The van der Waals surface area contributed by atoms with Crippen molar-refractivity contribution in [1.29, 1.82) is 0 Å². The first kappa shape index (κ1) is 37.4. The summed E-state index contributed by atoms with van der Waals surface area (Å²) < 4.78 is 33.7. The van der Waals surface area contributed by atoms with Crippen molar-refractivity contribution in [3.05, 3.63) is 63.8 Å². The number of ether oxygens (including phenoxy) is 1. The first-order valence-electron chi connectivity index (χ1n) is 17.0. The van der Waals surface area contributed by atoms with Gasteiger partial charge in [0.1, 0.15) is 0 Å². The van der Waals surface area contributed by atoms with Gasteiger partial charge in [0.15, 0.2) is 23.9 Å². The van der Waals surface area contributed by atoms with Crippen LogP contribution in [0, 0.1) is 17.7 Å². The third-order valence-corrected chi connectivity index (χ3v) is 11.0. The number of quaternary nitrogens is 1. The van der Waals surface area contributed by atoms with E-state index in [-0.39, 0.29) is 57.0 Å². The molecule has 4 heterocycles. The van der Waals surface area contributed by atoms with Crippen LogP contribution >= 0.6 is 23.2 Å². The summed E-state index contributed by atoms with van der Waals surface area (Å²) in [5.74, 6) is -2.64. The topological polar surface area (TPSA) is 146 Å². The van der Waals surface area contributed by atoms with Crippen molar-refractivity contribution < 1.29 is 42.3 Å². The number of carboxylic acid groups (broad SMARTS) is 1. The van der Waals surface area contributed by atoms with Gasteiger partial charge in [0, 0.05) is 82.2 Å². The van der Waals surface area contributed by atoms with Gasteiger partial charge in [-0.3, -0.25) is 14.4 Å². The average Bonchev–Trinajstić information content (AvgIpc) is 3.49. The minimum atomic E-state index is -1.22. The van der Waals surface area contributed by atoms with Crippen LogP contribution in [0.2, 0.25) is 10.0 Å². The number of piperidine rings is 1. The number of carbonyl (C=O) groups excluding carboxylic acids is 3. The van der Waals surface area contributed by atoms with Crippen molar-refractivity contribution >= 4 is 52.6 Å². The molecule has 6 rings (SSSR count). The minimum absolute atomic E-state index is 0.0163. The number of benzene rings is 2. The molecule has 2 aromatic carbocycles. The Morgan fingerprint density at radius 2 is 1.75 bits per heavy atom.